The summed E-state index contributed by atoms with van der Waals surface area (Å²) in [4.78, 5) is 20.5. The summed E-state index contributed by atoms with van der Waals surface area (Å²) in [7, 11) is 0. The number of unbranched alkanes of at least 4 members (excludes halogenated alkanes) is 10. The van der Waals surface area contributed by atoms with Crippen molar-refractivity contribution in [3.8, 4) is 17.1 Å². The quantitative estimate of drug-likeness (QED) is 0.196. The van der Waals surface area contributed by atoms with Crippen molar-refractivity contribution in [3.05, 3.63) is 42.2 Å². The summed E-state index contributed by atoms with van der Waals surface area (Å²) in [5.74, 6) is 0.908. The van der Waals surface area contributed by atoms with Gasteiger partial charge in [0, 0.05) is 5.56 Å². The Hall–Kier alpha value is -2.43. The number of rotatable bonds is 16. The topological polar surface area (TPSA) is 61.3 Å². The third-order valence-electron chi connectivity index (χ3n) is 5.58. The molecule has 0 bridgehead atoms. The molecule has 1 aromatic heterocycles. The highest BCUT2D eigenvalue weighted by Crippen LogP contribution is 2.19. The standard InChI is InChI=1S/C27H40N2O3/c1-3-5-7-9-11-13-15-23-16-18-24(19-17-23)26-28-21-25(22-29-26)32-27(30)31-20-14-12-10-8-6-4-2/h16-19,21-22H,3-15,20H2,1-2H3. The van der Waals surface area contributed by atoms with Gasteiger partial charge in [-0.25, -0.2) is 14.8 Å². The Morgan fingerprint density at radius 2 is 1.31 bits per heavy atom. The number of hydrogen-bond donors (Lipinski definition) is 0. The first kappa shape index (κ1) is 25.8. The van der Waals surface area contributed by atoms with E-state index in [-0.39, 0.29) is 0 Å². The fraction of sp³-hybridized carbons (Fsp3) is 0.593. The predicted molar refractivity (Wildman–Crippen MR) is 130 cm³/mol. The number of hydrogen-bond acceptors (Lipinski definition) is 5. The summed E-state index contributed by atoms with van der Waals surface area (Å²) < 4.78 is 10.3. The average molecular weight is 441 g/mol. The first-order chi connectivity index (χ1) is 15.7. The molecule has 0 amide bonds. The third-order valence-corrected chi connectivity index (χ3v) is 5.58. The zero-order valence-corrected chi connectivity index (χ0v) is 20.0. The van der Waals surface area contributed by atoms with Crippen LogP contribution in [0.3, 0.4) is 0 Å². The first-order valence-corrected chi connectivity index (χ1v) is 12.5. The molecule has 2 rings (SSSR count). The molecule has 1 heterocycles. The van der Waals surface area contributed by atoms with Gasteiger partial charge >= 0.3 is 6.16 Å². The third kappa shape index (κ3) is 10.7. The van der Waals surface area contributed by atoms with Gasteiger partial charge in [0.15, 0.2) is 11.6 Å². The van der Waals surface area contributed by atoms with Crippen LogP contribution in [-0.4, -0.2) is 22.7 Å². The Labute approximate surface area is 194 Å². The van der Waals surface area contributed by atoms with Gasteiger partial charge in [-0.1, -0.05) is 102 Å². The molecule has 0 atom stereocenters. The fourth-order valence-electron chi connectivity index (χ4n) is 3.61. The molecule has 32 heavy (non-hydrogen) atoms. The predicted octanol–water partition coefficient (Wildman–Crippen LogP) is 7.92. The molecule has 1 aromatic carbocycles. The SMILES string of the molecule is CCCCCCCCOC(=O)Oc1cnc(-c2ccc(CCCCCCCC)cc2)nc1. The van der Waals surface area contributed by atoms with Crippen LogP contribution in [0.1, 0.15) is 96.5 Å². The summed E-state index contributed by atoms with van der Waals surface area (Å²) in [6.45, 7) is 4.83. The highest BCUT2D eigenvalue weighted by atomic mass is 16.7. The maximum Gasteiger partial charge on any atom is 0.513 e. The monoisotopic (exact) mass is 440 g/mol. The van der Waals surface area contributed by atoms with Crippen molar-refractivity contribution in [1.29, 1.82) is 0 Å². The molecular formula is C27H40N2O3. The fourth-order valence-corrected chi connectivity index (χ4v) is 3.61. The number of carbonyl (C=O) groups is 1. The van der Waals surface area contributed by atoms with E-state index in [4.69, 9.17) is 9.47 Å². The summed E-state index contributed by atoms with van der Waals surface area (Å²) in [5.41, 5.74) is 2.30. The Morgan fingerprint density at radius 3 is 1.94 bits per heavy atom. The number of ether oxygens (including phenoxy) is 2. The van der Waals surface area contributed by atoms with E-state index in [0.29, 0.717) is 18.2 Å². The molecule has 176 valence electrons. The number of aryl methyl sites for hydroxylation is 1. The van der Waals surface area contributed by atoms with Gasteiger partial charge in [0.05, 0.1) is 19.0 Å². The van der Waals surface area contributed by atoms with Crippen LogP contribution in [0.5, 0.6) is 5.75 Å². The lowest BCUT2D eigenvalue weighted by Gasteiger charge is -2.07. The Balaban J connectivity index is 1.68. The van der Waals surface area contributed by atoms with Crippen molar-refractivity contribution in [2.75, 3.05) is 6.61 Å². The van der Waals surface area contributed by atoms with Gasteiger partial charge in [0.1, 0.15) is 0 Å². The molecule has 0 unspecified atom stereocenters. The van der Waals surface area contributed by atoms with Crippen LogP contribution < -0.4 is 4.74 Å². The van der Waals surface area contributed by atoms with E-state index in [1.54, 1.807) is 0 Å². The van der Waals surface area contributed by atoms with E-state index in [9.17, 15) is 4.79 Å². The lowest BCUT2D eigenvalue weighted by molar-refractivity contribution is 0.0970. The summed E-state index contributed by atoms with van der Waals surface area (Å²) >= 11 is 0. The van der Waals surface area contributed by atoms with E-state index < -0.39 is 6.16 Å². The van der Waals surface area contributed by atoms with E-state index in [1.807, 2.05) is 0 Å². The van der Waals surface area contributed by atoms with E-state index >= 15 is 0 Å². The molecule has 5 nitrogen and oxygen atoms in total. The second-order valence-corrected chi connectivity index (χ2v) is 8.43. The van der Waals surface area contributed by atoms with Gasteiger partial charge in [-0.05, 0) is 24.8 Å². The van der Waals surface area contributed by atoms with Crippen LogP contribution in [0.2, 0.25) is 0 Å². The van der Waals surface area contributed by atoms with Crippen molar-refractivity contribution < 1.29 is 14.3 Å². The molecule has 0 N–H and O–H groups in total. The minimum absolute atomic E-state index is 0.293. The van der Waals surface area contributed by atoms with Gasteiger partial charge in [0.25, 0.3) is 0 Å². The molecule has 0 aliphatic rings. The second-order valence-electron chi connectivity index (χ2n) is 8.43. The number of aromatic nitrogens is 2. The zero-order valence-electron chi connectivity index (χ0n) is 20.0. The van der Waals surface area contributed by atoms with Crippen molar-refractivity contribution in [1.82, 2.24) is 9.97 Å². The molecule has 5 heteroatoms. The number of nitrogens with zero attached hydrogens (tertiary/aromatic N) is 2. The second kappa shape index (κ2) is 16.2. The zero-order chi connectivity index (χ0) is 22.9. The molecular weight excluding hydrogens is 400 g/mol. The lowest BCUT2D eigenvalue weighted by atomic mass is 10.0. The summed E-state index contributed by atoms with van der Waals surface area (Å²) in [6.07, 6.45) is 18.2. The van der Waals surface area contributed by atoms with Crippen LogP contribution in [-0.2, 0) is 11.2 Å². The highest BCUT2D eigenvalue weighted by molar-refractivity contribution is 5.63. The molecule has 0 spiro atoms. The molecule has 0 saturated heterocycles. The van der Waals surface area contributed by atoms with E-state index in [1.165, 1.54) is 82.2 Å². The molecule has 0 aliphatic carbocycles. The van der Waals surface area contributed by atoms with Crippen molar-refractivity contribution in [3.63, 3.8) is 0 Å². The van der Waals surface area contributed by atoms with Crippen molar-refractivity contribution in [2.24, 2.45) is 0 Å². The van der Waals surface area contributed by atoms with Crippen LogP contribution in [0.15, 0.2) is 36.7 Å². The van der Waals surface area contributed by atoms with Crippen LogP contribution in [0, 0.1) is 0 Å². The van der Waals surface area contributed by atoms with Crippen molar-refractivity contribution in [2.45, 2.75) is 97.3 Å². The number of carbonyl (C=O) groups excluding carboxylic acids is 1. The largest absolute Gasteiger partial charge is 0.513 e. The van der Waals surface area contributed by atoms with Crippen LogP contribution >= 0.6 is 0 Å². The van der Waals surface area contributed by atoms with Gasteiger partial charge in [-0.3, -0.25) is 0 Å². The van der Waals surface area contributed by atoms with Gasteiger partial charge in [-0.15, -0.1) is 0 Å². The first-order valence-electron chi connectivity index (χ1n) is 12.5. The van der Waals surface area contributed by atoms with Gasteiger partial charge < -0.3 is 9.47 Å². The normalized spacial score (nSPS) is 10.8. The Morgan fingerprint density at radius 1 is 0.750 bits per heavy atom. The van der Waals surface area contributed by atoms with Gasteiger partial charge in [-0.2, -0.15) is 0 Å². The van der Waals surface area contributed by atoms with E-state index in [2.05, 4.69) is 48.1 Å². The Bertz CT molecular complexity index is 745. The smallest absolute Gasteiger partial charge is 0.434 e. The molecule has 0 aliphatic heterocycles. The van der Waals surface area contributed by atoms with Crippen LogP contribution in [0.25, 0.3) is 11.4 Å². The van der Waals surface area contributed by atoms with Crippen molar-refractivity contribution >= 4 is 6.16 Å². The highest BCUT2D eigenvalue weighted by Gasteiger charge is 2.08. The molecule has 0 radical (unpaired) electrons. The summed E-state index contributed by atoms with van der Waals surface area (Å²) in [6, 6.07) is 8.40. The molecule has 2 aromatic rings. The van der Waals surface area contributed by atoms with Crippen LogP contribution in [0.4, 0.5) is 4.79 Å². The minimum Gasteiger partial charge on any atom is -0.434 e. The number of benzene rings is 1. The lowest BCUT2D eigenvalue weighted by Crippen LogP contribution is -2.11. The average Bonchev–Trinajstić information content (AvgIpc) is 2.82. The van der Waals surface area contributed by atoms with Gasteiger partial charge in [0.2, 0.25) is 0 Å². The van der Waals surface area contributed by atoms with E-state index in [0.717, 1.165) is 24.8 Å². The maximum atomic E-state index is 11.8. The minimum atomic E-state index is -0.700. The molecule has 0 saturated carbocycles. The summed E-state index contributed by atoms with van der Waals surface area (Å²) in [5, 5.41) is 0. The maximum absolute atomic E-state index is 11.8. The molecule has 0 fully saturated rings. The Kier molecular flexibility index (Phi) is 13.1.